The van der Waals surface area contributed by atoms with Crippen LogP contribution in [0.4, 0.5) is 5.69 Å². The zero-order valence-electron chi connectivity index (χ0n) is 9.18. The van der Waals surface area contributed by atoms with Gasteiger partial charge in [0.05, 0.1) is 5.69 Å². The van der Waals surface area contributed by atoms with Gasteiger partial charge < -0.3 is 5.32 Å². The van der Waals surface area contributed by atoms with Crippen LogP contribution in [0.25, 0.3) is 0 Å². The molecule has 0 aliphatic rings. The summed E-state index contributed by atoms with van der Waals surface area (Å²) in [5, 5.41) is 3.39. The highest BCUT2D eigenvalue weighted by Gasteiger charge is 2.07. The van der Waals surface area contributed by atoms with E-state index >= 15 is 0 Å². The highest BCUT2D eigenvalue weighted by atomic mass is 79.9. The van der Waals surface area contributed by atoms with Gasteiger partial charge in [0.15, 0.2) is 0 Å². The van der Waals surface area contributed by atoms with Gasteiger partial charge in [-0.05, 0) is 47.5 Å². The van der Waals surface area contributed by atoms with Crippen molar-refractivity contribution in [1.82, 2.24) is 0 Å². The summed E-state index contributed by atoms with van der Waals surface area (Å²) in [6.45, 7) is 3.78. The van der Waals surface area contributed by atoms with Gasteiger partial charge in [-0.25, -0.2) is 0 Å². The van der Waals surface area contributed by atoms with Crippen LogP contribution in [0.15, 0.2) is 34.3 Å². The van der Waals surface area contributed by atoms with Crippen molar-refractivity contribution >= 4 is 39.1 Å². The predicted molar refractivity (Wildman–Crippen MR) is 71.8 cm³/mol. The molecule has 16 heavy (non-hydrogen) atoms. The lowest BCUT2D eigenvalue weighted by Gasteiger charge is -2.07. The number of carbonyl (C=O) groups is 1. The van der Waals surface area contributed by atoms with E-state index in [0.29, 0.717) is 16.3 Å². The number of allylic oxidation sites excluding steroid dienone is 1. The second-order valence-corrected chi connectivity index (χ2v) is 4.66. The van der Waals surface area contributed by atoms with Crippen LogP contribution in [0.3, 0.4) is 0 Å². The number of carbonyl (C=O) groups excluding carboxylic acids is 1. The molecule has 0 radical (unpaired) electrons. The highest BCUT2D eigenvalue weighted by Crippen LogP contribution is 2.26. The Morgan fingerprint density at radius 1 is 1.56 bits per heavy atom. The van der Waals surface area contributed by atoms with E-state index in [1.54, 1.807) is 25.1 Å². The molecule has 2 nitrogen and oxygen atoms in total. The molecule has 1 rings (SSSR count). The Morgan fingerprint density at radius 2 is 2.25 bits per heavy atom. The van der Waals surface area contributed by atoms with Gasteiger partial charge in [-0.2, -0.15) is 0 Å². The zero-order valence-corrected chi connectivity index (χ0v) is 11.5. The first-order valence-corrected chi connectivity index (χ1v) is 6.15. The van der Waals surface area contributed by atoms with Crippen molar-refractivity contribution in [2.75, 3.05) is 5.32 Å². The van der Waals surface area contributed by atoms with Gasteiger partial charge in [-0.3, -0.25) is 4.79 Å². The SMILES string of the molecule is CC/C=C(/C)C(=O)Nc1cc(Cl)ccc1Br. The Kier molecular flexibility index (Phi) is 5.03. The van der Waals surface area contributed by atoms with Crippen LogP contribution in [0, 0.1) is 0 Å². The zero-order chi connectivity index (χ0) is 12.1. The Balaban J connectivity index is 2.84. The van der Waals surface area contributed by atoms with E-state index in [1.165, 1.54) is 0 Å². The second kappa shape index (κ2) is 6.06. The highest BCUT2D eigenvalue weighted by molar-refractivity contribution is 9.10. The lowest BCUT2D eigenvalue weighted by atomic mass is 10.2. The summed E-state index contributed by atoms with van der Waals surface area (Å²) in [7, 11) is 0. The molecule has 1 N–H and O–H groups in total. The number of hydrogen-bond acceptors (Lipinski definition) is 1. The number of halogens is 2. The molecular weight excluding hydrogens is 289 g/mol. The maximum Gasteiger partial charge on any atom is 0.251 e. The number of amides is 1. The molecule has 1 amide bonds. The predicted octanol–water partition coefficient (Wildman–Crippen LogP) is 4.40. The maximum absolute atomic E-state index is 11.7. The molecular formula is C12H13BrClNO. The third kappa shape index (κ3) is 3.65. The minimum atomic E-state index is -0.107. The van der Waals surface area contributed by atoms with Gasteiger partial charge in [0.25, 0.3) is 5.91 Å². The standard InChI is InChI=1S/C12H13BrClNO/c1-3-4-8(2)12(16)15-11-7-9(14)5-6-10(11)13/h4-7H,3H2,1-2H3,(H,15,16)/b8-4-. The Bertz CT molecular complexity index is 429. The maximum atomic E-state index is 11.7. The topological polar surface area (TPSA) is 29.1 Å². The van der Waals surface area contributed by atoms with Crippen molar-refractivity contribution < 1.29 is 4.79 Å². The molecule has 86 valence electrons. The Morgan fingerprint density at radius 3 is 2.88 bits per heavy atom. The lowest BCUT2D eigenvalue weighted by Crippen LogP contribution is -2.12. The van der Waals surface area contributed by atoms with E-state index in [0.717, 1.165) is 10.9 Å². The van der Waals surface area contributed by atoms with Crippen LogP contribution in [-0.4, -0.2) is 5.91 Å². The Labute approximate surface area is 109 Å². The van der Waals surface area contributed by atoms with Crippen LogP contribution < -0.4 is 5.32 Å². The summed E-state index contributed by atoms with van der Waals surface area (Å²) in [4.78, 5) is 11.7. The van der Waals surface area contributed by atoms with Crippen LogP contribution in [-0.2, 0) is 4.79 Å². The van der Waals surface area contributed by atoms with Gasteiger partial charge in [0.2, 0.25) is 0 Å². The number of benzene rings is 1. The van der Waals surface area contributed by atoms with Crippen LogP contribution in [0.2, 0.25) is 5.02 Å². The normalized spacial score (nSPS) is 11.4. The number of anilines is 1. The van der Waals surface area contributed by atoms with E-state index in [-0.39, 0.29) is 5.91 Å². The second-order valence-electron chi connectivity index (χ2n) is 3.37. The number of nitrogens with one attached hydrogen (secondary N) is 1. The van der Waals surface area contributed by atoms with Crippen LogP contribution in [0.1, 0.15) is 20.3 Å². The summed E-state index contributed by atoms with van der Waals surface area (Å²) in [6, 6.07) is 5.27. The third-order valence-electron chi connectivity index (χ3n) is 2.05. The molecule has 0 atom stereocenters. The summed E-state index contributed by atoms with van der Waals surface area (Å²) >= 11 is 9.21. The van der Waals surface area contributed by atoms with E-state index in [1.807, 2.05) is 13.0 Å². The Hall–Kier alpha value is -0.800. The van der Waals surface area contributed by atoms with E-state index < -0.39 is 0 Å². The van der Waals surface area contributed by atoms with Crippen molar-refractivity contribution in [2.24, 2.45) is 0 Å². The largest absolute Gasteiger partial charge is 0.321 e. The molecule has 0 heterocycles. The van der Waals surface area contributed by atoms with Crippen LogP contribution >= 0.6 is 27.5 Å². The molecule has 0 aromatic heterocycles. The van der Waals surface area contributed by atoms with E-state index in [2.05, 4.69) is 21.2 Å². The molecule has 0 saturated carbocycles. The van der Waals surface area contributed by atoms with Gasteiger partial charge in [-0.1, -0.05) is 24.6 Å². The van der Waals surface area contributed by atoms with Crippen molar-refractivity contribution in [2.45, 2.75) is 20.3 Å². The molecule has 0 aliphatic heterocycles. The first-order chi connectivity index (χ1) is 7.54. The lowest BCUT2D eigenvalue weighted by molar-refractivity contribution is -0.112. The molecule has 1 aromatic carbocycles. The minimum Gasteiger partial charge on any atom is -0.321 e. The summed E-state index contributed by atoms with van der Waals surface area (Å²) in [5.41, 5.74) is 1.38. The first kappa shape index (κ1) is 13.3. The van der Waals surface area contributed by atoms with Crippen molar-refractivity contribution in [3.8, 4) is 0 Å². The average Bonchev–Trinajstić information content (AvgIpc) is 2.23. The molecule has 0 spiro atoms. The summed E-state index contributed by atoms with van der Waals surface area (Å²) in [5.74, 6) is -0.107. The van der Waals surface area contributed by atoms with E-state index in [4.69, 9.17) is 11.6 Å². The van der Waals surface area contributed by atoms with Crippen LogP contribution in [0.5, 0.6) is 0 Å². The smallest absolute Gasteiger partial charge is 0.251 e. The van der Waals surface area contributed by atoms with Gasteiger partial charge in [0.1, 0.15) is 0 Å². The fourth-order valence-electron chi connectivity index (χ4n) is 1.21. The monoisotopic (exact) mass is 301 g/mol. The number of rotatable bonds is 3. The van der Waals surface area contributed by atoms with Gasteiger partial charge >= 0.3 is 0 Å². The fraction of sp³-hybridized carbons (Fsp3) is 0.250. The van der Waals surface area contributed by atoms with Crippen molar-refractivity contribution in [1.29, 1.82) is 0 Å². The van der Waals surface area contributed by atoms with E-state index in [9.17, 15) is 4.79 Å². The molecule has 0 unspecified atom stereocenters. The average molecular weight is 303 g/mol. The van der Waals surface area contributed by atoms with Gasteiger partial charge in [0, 0.05) is 15.1 Å². The molecule has 0 fully saturated rings. The number of hydrogen-bond donors (Lipinski definition) is 1. The van der Waals surface area contributed by atoms with Gasteiger partial charge in [-0.15, -0.1) is 0 Å². The first-order valence-electron chi connectivity index (χ1n) is 4.97. The summed E-state index contributed by atoms with van der Waals surface area (Å²) < 4.78 is 0.814. The van der Waals surface area contributed by atoms with Crippen molar-refractivity contribution in [3.05, 3.63) is 39.3 Å². The van der Waals surface area contributed by atoms with Crippen molar-refractivity contribution in [3.63, 3.8) is 0 Å². The molecule has 0 saturated heterocycles. The molecule has 0 bridgehead atoms. The minimum absolute atomic E-state index is 0.107. The fourth-order valence-corrected chi connectivity index (χ4v) is 1.73. The molecule has 4 heteroatoms. The molecule has 1 aromatic rings. The molecule has 0 aliphatic carbocycles. The quantitative estimate of drug-likeness (QED) is 0.824. The third-order valence-corrected chi connectivity index (χ3v) is 2.97. The summed E-state index contributed by atoms with van der Waals surface area (Å²) in [6.07, 6.45) is 2.73.